The topological polar surface area (TPSA) is 24.5 Å². The SMILES string of the molecule is CCC1(C)CN(CC2CCOC2C)CCN1. The zero-order valence-electron chi connectivity index (χ0n) is 11.0. The largest absolute Gasteiger partial charge is 0.378 e. The van der Waals surface area contributed by atoms with Crippen LogP contribution in [-0.4, -0.2) is 49.3 Å². The summed E-state index contributed by atoms with van der Waals surface area (Å²) in [5.74, 6) is 0.749. The lowest BCUT2D eigenvalue weighted by molar-refractivity contribution is 0.0753. The first kappa shape index (κ1) is 12.3. The molecule has 2 rings (SSSR count). The molecule has 2 fully saturated rings. The van der Waals surface area contributed by atoms with Crippen molar-refractivity contribution in [3.8, 4) is 0 Å². The molecular formula is C13H26N2O. The lowest BCUT2D eigenvalue weighted by Crippen LogP contribution is -2.59. The highest BCUT2D eigenvalue weighted by molar-refractivity contribution is 4.91. The van der Waals surface area contributed by atoms with E-state index in [1.807, 2.05) is 0 Å². The van der Waals surface area contributed by atoms with E-state index in [0.29, 0.717) is 11.6 Å². The Morgan fingerprint density at radius 1 is 1.50 bits per heavy atom. The summed E-state index contributed by atoms with van der Waals surface area (Å²) in [5.41, 5.74) is 0.320. The van der Waals surface area contributed by atoms with Gasteiger partial charge >= 0.3 is 0 Å². The van der Waals surface area contributed by atoms with E-state index in [9.17, 15) is 0 Å². The van der Waals surface area contributed by atoms with Crippen LogP contribution in [0.3, 0.4) is 0 Å². The second-order valence-corrected chi connectivity index (χ2v) is 5.70. The molecule has 0 spiro atoms. The Hall–Kier alpha value is -0.120. The average Bonchev–Trinajstić information content (AvgIpc) is 2.65. The third-order valence-corrected chi connectivity index (χ3v) is 4.36. The summed E-state index contributed by atoms with van der Waals surface area (Å²) in [7, 11) is 0. The zero-order chi connectivity index (χ0) is 11.6. The van der Waals surface area contributed by atoms with Crippen LogP contribution in [0.4, 0.5) is 0 Å². The van der Waals surface area contributed by atoms with E-state index in [1.165, 1.54) is 32.5 Å². The molecule has 0 bridgehead atoms. The lowest BCUT2D eigenvalue weighted by Gasteiger charge is -2.42. The van der Waals surface area contributed by atoms with Crippen molar-refractivity contribution < 1.29 is 4.74 Å². The third-order valence-electron chi connectivity index (χ3n) is 4.36. The highest BCUT2D eigenvalue weighted by Crippen LogP contribution is 2.23. The van der Waals surface area contributed by atoms with Crippen molar-refractivity contribution in [1.29, 1.82) is 0 Å². The summed E-state index contributed by atoms with van der Waals surface area (Å²) < 4.78 is 5.64. The first-order valence-electron chi connectivity index (χ1n) is 6.72. The van der Waals surface area contributed by atoms with Crippen LogP contribution < -0.4 is 5.32 Å². The highest BCUT2D eigenvalue weighted by atomic mass is 16.5. The first-order chi connectivity index (χ1) is 7.63. The van der Waals surface area contributed by atoms with E-state index >= 15 is 0 Å². The van der Waals surface area contributed by atoms with Crippen molar-refractivity contribution in [3.05, 3.63) is 0 Å². The molecule has 0 aromatic heterocycles. The Morgan fingerprint density at radius 2 is 2.31 bits per heavy atom. The van der Waals surface area contributed by atoms with E-state index < -0.39 is 0 Å². The van der Waals surface area contributed by atoms with Gasteiger partial charge in [0.1, 0.15) is 0 Å². The van der Waals surface area contributed by atoms with Gasteiger partial charge in [-0.1, -0.05) is 6.92 Å². The van der Waals surface area contributed by atoms with Crippen LogP contribution >= 0.6 is 0 Å². The molecule has 0 amide bonds. The van der Waals surface area contributed by atoms with E-state index in [-0.39, 0.29) is 0 Å². The van der Waals surface area contributed by atoms with E-state index in [1.54, 1.807) is 0 Å². The quantitative estimate of drug-likeness (QED) is 0.789. The molecule has 0 radical (unpaired) electrons. The molecule has 1 N–H and O–H groups in total. The number of piperazine rings is 1. The predicted molar refractivity (Wildman–Crippen MR) is 66.7 cm³/mol. The number of nitrogens with one attached hydrogen (secondary N) is 1. The maximum absolute atomic E-state index is 5.64. The highest BCUT2D eigenvalue weighted by Gasteiger charge is 2.32. The van der Waals surface area contributed by atoms with Crippen molar-refractivity contribution in [2.75, 3.05) is 32.8 Å². The van der Waals surface area contributed by atoms with E-state index in [4.69, 9.17) is 4.74 Å². The maximum Gasteiger partial charge on any atom is 0.0588 e. The molecule has 0 aromatic carbocycles. The van der Waals surface area contributed by atoms with Crippen molar-refractivity contribution in [3.63, 3.8) is 0 Å². The minimum atomic E-state index is 0.320. The molecule has 2 saturated heterocycles. The van der Waals surface area contributed by atoms with Gasteiger partial charge in [0.05, 0.1) is 6.10 Å². The monoisotopic (exact) mass is 226 g/mol. The van der Waals surface area contributed by atoms with E-state index in [0.717, 1.165) is 19.1 Å². The summed E-state index contributed by atoms with van der Waals surface area (Å²) in [6.45, 7) is 12.5. The third kappa shape index (κ3) is 2.76. The molecule has 3 unspecified atom stereocenters. The molecule has 94 valence electrons. The first-order valence-corrected chi connectivity index (χ1v) is 6.72. The maximum atomic E-state index is 5.64. The van der Waals surface area contributed by atoms with Crippen LogP contribution in [0.2, 0.25) is 0 Å². The predicted octanol–water partition coefficient (Wildman–Crippen LogP) is 1.49. The van der Waals surface area contributed by atoms with Gasteiger partial charge in [-0.3, -0.25) is 4.90 Å². The van der Waals surface area contributed by atoms with Crippen LogP contribution in [0.15, 0.2) is 0 Å². The van der Waals surface area contributed by atoms with Gasteiger partial charge in [0.25, 0.3) is 0 Å². The van der Waals surface area contributed by atoms with Crippen LogP contribution in [0.25, 0.3) is 0 Å². The smallest absolute Gasteiger partial charge is 0.0588 e. The fourth-order valence-electron chi connectivity index (χ4n) is 2.88. The summed E-state index contributed by atoms with van der Waals surface area (Å²) in [5, 5.41) is 3.64. The van der Waals surface area contributed by atoms with Crippen LogP contribution in [0.1, 0.15) is 33.6 Å². The standard InChI is InChI=1S/C13H26N2O/c1-4-13(3)10-15(7-6-14-13)9-12-5-8-16-11(12)2/h11-12,14H,4-10H2,1-3H3. The molecule has 3 atom stereocenters. The van der Waals surface area contributed by atoms with Crippen molar-refractivity contribution >= 4 is 0 Å². The Balaban J connectivity index is 1.85. The van der Waals surface area contributed by atoms with Gasteiger partial charge in [-0.2, -0.15) is 0 Å². The van der Waals surface area contributed by atoms with Gasteiger partial charge in [-0.15, -0.1) is 0 Å². The number of hydrogen-bond acceptors (Lipinski definition) is 3. The number of hydrogen-bond donors (Lipinski definition) is 1. The molecule has 2 aliphatic rings. The van der Waals surface area contributed by atoms with Crippen molar-refractivity contribution in [1.82, 2.24) is 10.2 Å². The molecule has 0 aromatic rings. The summed E-state index contributed by atoms with van der Waals surface area (Å²) in [4.78, 5) is 2.62. The van der Waals surface area contributed by atoms with Gasteiger partial charge in [-0.05, 0) is 32.6 Å². The van der Waals surface area contributed by atoms with Crippen molar-refractivity contribution in [2.24, 2.45) is 5.92 Å². The summed E-state index contributed by atoms with van der Waals surface area (Å²) >= 11 is 0. The van der Waals surface area contributed by atoms with Crippen LogP contribution in [0, 0.1) is 5.92 Å². The Labute approximate surface area is 99.5 Å². The normalized spacial score (nSPS) is 41.4. The summed E-state index contributed by atoms with van der Waals surface area (Å²) in [6, 6.07) is 0. The fraction of sp³-hybridized carbons (Fsp3) is 1.00. The fourth-order valence-corrected chi connectivity index (χ4v) is 2.88. The Bertz CT molecular complexity index is 234. The lowest BCUT2D eigenvalue weighted by atomic mass is 9.94. The minimum Gasteiger partial charge on any atom is -0.378 e. The molecular weight excluding hydrogens is 200 g/mol. The van der Waals surface area contributed by atoms with Gasteiger partial charge < -0.3 is 10.1 Å². The molecule has 16 heavy (non-hydrogen) atoms. The number of ether oxygens (including phenoxy) is 1. The summed E-state index contributed by atoms with van der Waals surface area (Å²) in [6.07, 6.45) is 2.91. The number of rotatable bonds is 3. The van der Waals surface area contributed by atoms with Gasteiger partial charge in [-0.25, -0.2) is 0 Å². The minimum absolute atomic E-state index is 0.320. The molecule has 0 aliphatic carbocycles. The molecule has 0 saturated carbocycles. The zero-order valence-corrected chi connectivity index (χ0v) is 11.0. The second kappa shape index (κ2) is 5.03. The van der Waals surface area contributed by atoms with Crippen LogP contribution in [0.5, 0.6) is 0 Å². The van der Waals surface area contributed by atoms with Gasteiger partial charge in [0.15, 0.2) is 0 Å². The Kier molecular flexibility index (Phi) is 3.88. The van der Waals surface area contributed by atoms with Gasteiger partial charge in [0.2, 0.25) is 0 Å². The average molecular weight is 226 g/mol. The second-order valence-electron chi connectivity index (χ2n) is 5.70. The molecule has 2 aliphatic heterocycles. The van der Waals surface area contributed by atoms with Gasteiger partial charge in [0, 0.05) is 38.3 Å². The molecule has 3 heteroatoms. The Morgan fingerprint density at radius 3 is 2.94 bits per heavy atom. The molecule has 2 heterocycles. The number of nitrogens with zero attached hydrogens (tertiary/aromatic N) is 1. The molecule has 3 nitrogen and oxygen atoms in total. The van der Waals surface area contributed by atoms with Crippen molar-refractivity contribution in [2.45, 2.75) is 45.3 Å². The van der Waals surface area contributed by atoms with E-state index in [2.05, 4.69) is 31.0 Å². The van der Waals surface area contributed by atoms with Crippen LogP contribution in [-0.2, 0) is 4.74 Å².